The van der Waals surface area contributed by atoms with Crippen molar-refractivity contribution in [2.45, 2.75) is 49.4 Å². The highest BCUT2D eigenvalue weighted by molar-refractivity contribution is 7.99. The molecule has 1 aliphatic rings. The van der Waals surface area contributed by atoms with Gasteiger partial charge in [0, 0.05) is 17.2 Å². The van der Waals surface area contributed by atoms with E-state index in [1.54, 1.807) is 6.92 Å². The number of thioether (sulfide) groups is 1. The molecule has 1 aliphatic carbocycles. The van der Waals surface area contributed by atoms with E-state index in [4.69, 9.17) is 0 Å². The number of halogens is 1. The average molecular weight is 404 g/mol. The first-order valence-electron chi connectivity index (χ1n) is 9.14. The molecule has 1 aromatic heterocycles. The van der Waals surface area contributed by atoms with Gasteiger partial charge in [-0.05, 0) is 37.1 Å². The lowest BCUT2D eigenvalue weighted by Gasteiger charge is -2.13. The number of benzene rings is 1. The number of carbonyl (C=O) groups excluding carboxylic acids is 2. The number of aromatic nitrogens is 2. The van der Waals surface area contributed by atoms with E-state index in [1.165, 1.54) is 23.9 Å². The fraction of sp³-hybridized carbons (Fsp3) is 0.368. The van der Waals surface area contributed by atoms with Gasteiger partial charge in [-0.25, -0.2) is 9.37 Å². The molecular weight excluding hydrogens is 383 g/mol. The second-order valence-corrected chi connectivity index (χ2v) is 7.77. The van der Waals surface area contributed by atoms with Crippen LogP contribution in [-0.4, -0.2) is 27.0 Å². The fourth-order valence-electron chi connectivity index (χ4n) is 2.89. The summed E-state index contributed by atoms with van der Waals surface area (Å²) in [7, 11) is 0. The molecule has 0 aliphatic heterocycles. The van der Waals surface area contributed by atoms with E-state index < -0.39 is 17.3 Å². The first-order valence-corrected chi connectivity index (χ1v) is 10.0. The van der Waals surface area contributed by atoms with Crippen molar-refractivity contribution in [2.24, 2.45) is 0 Å². The SMILES string of the molecule is CCC(=O)Nc1nc(SC2CCCC2)[nH]c(=O)c1NC(=O)c1ccc(F)cc1. The molecule has 148 valence electrons. The van der Waals surface area contributed by atoms with Crippen LogP contribution in [0.4, 0.5) is 15.9 Å². The van der Waals surface area contributed by atoms with Crippen LogP contribution in [-0.2, 0) is 4.79 Å². The van der Waals surface area contributed by atoms with Crippen molar-refractivity contribution in [3.63, 3.8) is 0 Å². The molecule has 2 amide bonds. The first-order chi connectivity index (χ1) is 13.5. The molecule has 3 rings (SSSR count). The Balaban J connectivity index is 1.88. The van der Waals surface area contributed by atoms with Crippen LogP contribution in [0.15, 0.2) is 34.2 Å². The lowest BCUT2D eigenvalue weighted by atomic mass is 10.2. The highest BCUT2D eigenvalue weighted by Gasteiger charge is 2.21. The van der Waals surface area contributed by atoms with Gasteiger partial charge in [-0.3, -0.25) is 19.4 Å². The third-order valence-electron chi connectivity index (χ3n) is 4.40. The molecule has 3 N–H and O–H groups in total. The molecule has 9 heteroatoms. The van der Waals surface area contributed by atoms with Gasteiger partial charge in [-0.1, -0.05) is 31.5 Å². The first kappa shape index (κ1) is 20.1. The molecule has 1 fully saturated rings. The minimum atomic E-state index is -0.601. The van der Waals surface area contributed by atoms with Gasteiger partial charge in [0.1, 0.15) is 5.82 Å². The molecule has 0 saturated heterocycles. The second-order valence-electron chi connectivity index (χ2n) is 6.48. The zero-order valence-electron chi connectivity index (χ0n) is 15.4. The van der Waals surface area contributed by atoms with Gasteiger partial charge in [0.15, 0.2) is 16.7 Å². The van der Waals surface area contributed by atoms with Crippen molar-refractivity contribution in [1.29, 1.82) is 0 Å². The van der Waals surface area contributed by atoms with Gasteiger partial charge in [-0.2, -0.15) is 0 Å². The number of amides is 2. The fourth-order valence-corrected chi connectivity index (χ4v) is 4.07. The summed E-state index contributed by atoms with van der Waals surface area (Å²) in [4.78, 5) is 43.9. The molecule has 1 heterocycles. The summed E-state index contributed by atoms with van der Waals surface area (Å²) in [6.45, 7) is 1.67. The number of hydrogen-bond donors (Lipinski definition) is 3. The predicted molar refractivity (Wildman–Crippen MR) is 106 cm³/mol. The topological polar surface area (TPSA) is 104 Å². The van der Waals surface area contributed by atoms with Crippen molar-refractivity contribution < 1.29 is 14.0 Å². The van der Waals surface area contributed by atoms with E-state index >= 15 is 0 Å². The number of rotatable bonds is 6. The van der Waals surface area contributed by atoms with Crippen molar-refractivity contribution in [3.8, 4) is 0 Å². The minimum absolute atomic E-state index is 0.00607. The van der Waals surface area contributed by atoms with Crippen LogP contribution in [0.25, 0.3) is 0 Å². The molecule has 2 aromatic rings. The quantitative estimate of drug-likeness (QED) is 0.639. The Labute approximate surface area is 165 Å². The lowest BCUT2D eigenvalue weighted by Crippen LogP contribution is -2.25. The predicted octanol–water partition coefficient (Wildman–Crippen LogP) is 3.54. The van der Waals surface area contributed by atoms with Crippen LogP contribution in [0.2, 0.25) is 0 Å². The number of hydrogen-bond acceptors (Lipinski definition) is 5. The lowest BCUT2D eigenvalue weighted by molar-refractivity contribution is -0.115. The number of nitrogens with zero attached hydrogens (tertiary/aromatic N) is 1. The summed E-state index contributed by atoms with van der Waals surface area (Å²) in [6, 6.07) is 4.92. The second kappa shape index (κ2) is 9.01. The monoisotopic (exact) mass is 404 g/mol. The van der Waals surface area contributed by atoms with Crippen LogP contribution >= 0.6 is 11.8 Å². The van der Waals surface area contributed by atoms with E-state index in [9.17, 15) is 18.8 Å². The van der Waals surface area contributed by atoms with Crippen molar-refractivity contribution >= 4 is 35.1 Å². The molecule has 0 atom stereocenters. The smallest absolute Gasteiger partial charge is 0.277 e. The molecule has 1 saturated carbocycles. The third kappa shape index (κ3) is 4.98. The zero-order valence-corrected chi connectivity index (χ0v) is 16.2. The molecule has 0 spiro atoms. The molecular formula is C19H21FN4O3S. The molecule has 0 unspecified atom stereocenters. The highest BCUT2D eigenvalue weighted by atomic mass is 32.2. The molecule has 0 bridgehead atoms. The number of carbonyl (C=O) groups is 2. The maximum Gasteiger partial charge on any atom is 0.277 e. The number of aromatic amines is 1. The van der Waals surface area contributed by atoms with E-state index in [2.05, 4.69) is 20.6 Å². The van der Waals surface area contributed by atoms with E-state index in [0.29, 0.717) is 10.4 Å². The molecule has 1 aromatic carbocycles. The number of nitrogens with one attached hydrogen (secondary N) is 3. The van der Waals surface area contributed by atoms with Gasteiger partial charge < -0.3 is 10.6 Å². The average Bonchev–Trinajstić information content (AvgIpc) is 3.17. The Kier molecular flexibility index (Phi) is 6.45. The van der Waals surface area contributed by atoms with Crippen molar-refractivity contribution in [1.82, 2.24) is 9.97 Å². The zero-order chi connectivity index (χ0) is 20.1. The summed E-state index contributed by atoms with van der Waals surface area (Å²) in [5.74, 6) is -1.39. The maximum atomic E-state index is 13.1. The summed E-state index contributed by atoms with van der Waals surface area (Å²) in [5, 5.41) is 5.83. The van der Waals surface area contributed by atoms with Gasteiger partial charge in [0.25, 0.3) is 11.5 Å². The Hall–Kier alpha value is -2.68. The van der Waals surface area contributed by atoms with Gasteiger partial charge >= 0.3 is 0 Å². The Morgan fingerprint density at radius 1 is 1.21 bits per heavy atom. The number of H-pyrrole nitrogens is 1. The third-order valence-corrected chi connectivity index (χ3v) is 5.62. The largest absolute Gasteiger partial charge is 0.314 e. The Bertz CT molecular complexity index is 924. The Morgan fingerprint density at radius 2 is 1.89 bits per heavy atom. The van der Waals surface area contributed by atoms with E-state index in [-0.39, 0.29) is 29.4 Å². The van der Waals surface area contributed by atoms with Gasteiger partial charge in [0.05, 0.1) is 0 Å². The van der Waals surface area contributed by atoms with Crippen LogP contribution < -0.4 is 16.2 Å². The summed E-state index contributed by atoms with van der Waals surface area (Å²) in [6.07, 6.45) is 4.59. The van der Waals surface area contributed by atoms with Gasteiger partial charge in [0.2, 0.25) is 5.91 Å². The van der Waals surface area contributed by atoms with E-state index in [0.717, 1.165) is 37.8 Å². The van der Waals surface area contributed by atoms with E-state index in [1.807, 2.05) is 0 Å². The molecule has 28 heavy (non-hydrogen) atoms. The van der Waals surface area contributed by atoms with Crippen molar-refractivity contribution in [2.75, 3.05) is 10.6 Å². The highest BCUT2D eigenvalue weighted by Crippen LogP contribution is 2.33. The van der Waals surface area contributed by atoms with Crippen LogP contribution in [0.1, 0.15) is 49.4 Å². The maximum absolute atomic E-state index is 13.1. The Morgan fingerprint density at radius 3 is 2.54 bits per heavy atom. The standard InChI is InChI=1S/C19H21FN4O3S/c1-2-14(25)21-16-15(22-17(26)11-7-9-12(20)10-8-11)18(27)24-19(23-16)28-13-5-3-4-6-13/h7-10,13H,2-6H2,1H3,(H,22,26)(H2,21,23,24,25,27). The summed E-state index contributed by atoms with van der Waals surface area (Å²) >= 11 is 1.47. The summed E-state index contributed by atoms with van der Waals surface area (Å²) in [5.41, 5.74) is -0.526. The van der Waals surface area contributed by atoms with Gasteiger partial charge in [-0.15, -0.1) is 0 Å². The summed E-state index contributed by atoms with van der Waals surface area (Å²) < 4.78 is 13.1. The van der Waals surface area contributed by atoms with Crippen LogP contribution in [0.3, 0.4) is 0 Å². The normalized spacial score (nSPS) is 14.1. The minimum Gasteiger partial charge on any atom is -0.314 e. The molecule has 0 radical (unpaired) electrons. The molecule has 7 nitrogen and oxygen atoms in total. The van der Waals surface area contributed by atoms with Crippen molar-refractivity contribution in [3.05, 3.63) is 46.0 Å². The number of anilines is 2. The van der Waals surface area contributed by atoms with Crippen LogP contribution in [0.5, 0.6) is 0 Å². The van der Waals surface area contributed by atoms with Crippen LogP contribution in [0, 0.1) is 5.82 Å².